The third-order valence-electron chi connectivity index (χ3n) is 10.5. The van der Waals surface area contributed by atoms with E-state index in [4.69, 9.17) is 14.6 Å². The molecule has 5 N–H and O–H groups in total. The SMILES string of the molecule is CC(=O)C(O)C(O)C(=O)OC1CC(C)(C)C(/C=C/C(C)=C/C=C/C(C)=C/C=C/C=C(C)/C=C/C=C(C)/C=C/C2=C(C)C(=O)C(OC(=O)C(O)C(O)C(=O)O)CC2(C)C)=C(C)C1=O. The number of hydrogen-bond donors (Lipinski definition) is 5. The number of ether oxygens (including phenoxy) is 2. The standard InChI is InChI=1S/C49H62O13/c1-28(18-14-20-30(3)22-24-35-32(5)39(51)37(26-48(35,8)9)61-46(59)43(55)41(53)34(7)50)16-12-13-17-29(2)19-15-21-31(4)23-25-36-33(6)40(52)38(27-49(36,10)11)62-47(60)44(56)42(54)45(57)58/h12-25,37-38,41-44,53-56H,26-27H2,1-11H3,(H,57,58)/b13-12+,18-14+,19-15+,24-22+,25-23+,28-16+,29-17+,30-20+,31-21+. The summed E-state index contributed by atoms with van der Waals surface area (Å²) in [5.41, 5.74) is 5.04. The molecular formula is C49H62O13. The van der Waals surface area contributed by atoms with Crippen LogP contribution in [0.15, 0.2) is 130 Å². The van der Waals surface area contributed by atoms with E-state index in [1.807, 2.05) is 140 Å². The van der Waals surface area contributed by atoms with Crippen molar-refractivity contribution in [1.29, 1.82) is 0 Å². The number of aliphatic carboxylic acids is 1. The van der Waals surface area contributed by atoms with Gasteiger partial charge in [0.25, 0.3) is 0 Å². The maximum Gasteiger partial charge on any atom is 0.339 e. The van der Waals surface area contributed by atoms with Crippen molar-refractivity contribution in [3.05, 3.63) is 130 Å². The summed E-state index contributed by atoms with van der Waals surface area (Å²) in [7, 11) is 0. The van der Waals surface area contributed by atoms with Gasteiger partial charge in [0.05, 0.1) is 0 Å². The van der Waals surface area contributed by atoms with E-state index in [-0.39, 0.29) is 12.8 Å². The van der Waals surface area contributed by atoms with Gasteiger partial charge in [-0.25, -0.2) is 14.4 Å². The molecule has 13 heteroatoms. The number of carbonyl (C=O) groups excluding carboxylic acids is 5. The summed E-state index contributed by atoms with van der Waals surface area (Å²) >= 11 is 0. The Balaban J connectivity index is 2.01. The molecule has 6 unspecified atom stereocenters. The lowest BCUT2D eigenvalue weighted by Crippen LogP contribution is -2.45. The van der Waals surface area contributed by atoms with Gasteiger partial charge in [0.15, 0.2) is 47.9 Å². The molecule has 0 spiro atoms. The van der Waals surface area contributed by atoms with Crippen molar-refractivity contribution < 1.29 is 63.8 Å². The zero-order chi connectivity index (χ0) is 47.3. The van der Waals surface area contributed by atoms with Gasteiger partial charge in [0.1, 0.15) is 6.10 Å². The summed E-state index contributed by atoms with van der Waals surface area (Å²) in [5, 5.41) is 47.8. The van der Waals surface area contributed by atoms with Crippen LogP contribution in [0.3, 0.4) is 0 Å². The van der Waals surface area contributed by atoms with Crippen molar-refractivity contribution in [2.75, 3.05) is 0 Å². The molecule has 2 rings (SSSR count). The van der Waals surface area contributed by atoms with E-state index in [0.717, 1.165) is 40.4 Å². The molecule has 0 amide bonds. The van der Waals surface area contributed by atoms with Gasteiger partial charge in [-0.05, 0) is 81.6 Å². The Kier molecular flexibility index (Phi) is 19.5. The number of carbonyl (C=O) groups is 6. The van der Waals surface area contributed by atoms with Gasteiger partial charge in [-0.2, -0.15) is 0 Å². The predicted octanol–water partition coefficient (Wildman–Crippen LogP) is 6.12. The summed E-state index contributed by atoms with van der Waals surface area (Å²) in [6.45, 7) is 19.7. The molecular weight excluding hydrogens is 797 g/mol. The summed E-state index contributed by atoms with van der Waals surface area (Å²) in [6.07, 6.45) is 16.1. The molecule has 6 atom stereocenters. The Labute approximate surface area is 364 Å². The maximum atomic E-state index is 13.1. The first kappa shape index (κ1) is 52.5. The quantitative estimate of drug-likeness (QED) is 0.0775. The fourth-order valence-electron chi connectivity index (χ4n) is 6.79. The van der Waals surface area contributed by atoms with Crippen molar-refractivity contribution in [1.82, 2.24) is 0 Å². The van der Waals surface area contributed by atoms with Crippen LogP contribution in [0.2, 0.25) is 0 Å². The van der Waals surface area contributed by atoms with Gasteiger partial charge in [0.2, 0.25) is 0 Å². The zero-order valence-corrected chi connectivity index (χ0v) is 37.5. The third-order valence-corrected chi connectivity index (χ3v) is 10.5. The largest absolute Gasteiger partial charge is 0.479 e. The second-order valence-electron chi connectivity index (χ2n) is 17.0. The second kappa shape index (κ2) is 23.0. The van der Waals surface area contributed by atoms with Gasteiger partial charge >= 0.3 is 17.9 Å². The van der Waals surface area contributed by atoms with Crippen LogP contribution in [0.4, 0.5) is 0 Å². The highest BCUT2D eigenvalue weighted by Crippen LogP contribution is 2.42. The van der Waals surface area contributed by atoms with E-state index >= 15 is 0 Å². The third kappa shape index (κ3) is 15.1. The van der Waals surface area contributed by atoms with Gasteiger partial charge in [-0.3, -0.25) is 14.4 Å². The van der Waals surface area contributed by atoms with Crippen LogP contribution in [-0.4, -0.2) is 97.4 Å². The van der Waals surface area contributed by atoms with E-state index in [1.54, 1.807) is 13.8 Å². The molecule has 0 bridgehead atoms. The number of hydrogen-bond acceptors (Lipinski definition) is 12. The lowest BCUT2D eigenvalue weighted by molar-refractivity contribution is -0.175. The molecule has 0 aromatic heterocycles. The first-order chi connectivity index (χ1) is 28.7. The molecule has 2 aliphatic rings. The molecule has 0 fully saturated rings. The van der Waals surface area contributed by atoms with Crippen molar-refractivity contribution in [3.63, 3.8) is 0 Å². The molecule has 336 valence electrons. The van der Waals surface area contributed by atoms with Gasteiger partial charge in [0, 0.05) is 12.8 Å². The number of carboxylic acids is 1. The van der Waals surface area contributed by atoms with E-state index in [9.17, 15) is 49.2 Å². The van der Waals surface area contributed by atoms with Gasteiger partial charge in [-0.15, -0.1) is 0 Å². The number of carboxylic acid groups (broad SMARTS) is 1. The summed E-state index contributed by atoms with van der Waals surface area (Å²) in [4.78, 5) is 72.9. The molecule has 13 nitrogen and oxygen atoms in total. The fraction of sp³-hybridized carbons (Fsp3) is 0.429. The molecule has 0 aromatic rings. The van der Waals surface area contributed by atoms with E-state index in [2.05, 4.69) is 0 Å². The number of allylic oxidation sites excluding steroid dienone is 20. The Bertz CT molecular complexity index is 1960. The summed E-state index contributed by atoms with van der Waals surface area (Å²) in [5.74, 6) is -6.07. The Morgan fingerprint density at radius 2 is 0.871 bits per heavy atom. The number of ketones is 3. The van der Waals surface area contributed by atoms with Crippen molar-refractivity contribution in [2.24, 2.45) is 10.8 Å². The minimum atomic E-state index is -2.37. The first-order valence-electron chi connectivity index (χ1n) is 20.2. The topological polar surface area (TPSA) is 222 Å². The Morgan fingerprint density at radius 1 is 0.548 bits per heavy atom. The number of aliphatic hydroxyl groups is 4. The Morgan fingerprint density at radius 3 is 1.21 bits per heavy atom. The average Bonchev–Trinajstić information content (AvgIpc) is 3.18. The molecule has 0 aromatic carbocycles. The van der Waals surface area contributed by atoms with Crippen molar-refractivity contribution in [3.8, 4) is 0 Å². The summed E-state index contributed by atoms with van der Waals surface area (Å²) < 4.78 is 10.4. The number of Topliss-reactive ketones (excluding diaryl/α,β-unsaturated/α-hetero) is 3. The molecule has 0 aliphatic heterocycles. The highest BCUT2D eigenvalue weighted by atomic mass is 16.6. The molecule has 0 saturated heterocycles. The highest BCUT2D eigenvalue weighted by molar-refractivity contribution is 6.03. The highest BCUT2D eigenvalue weighted by Gasteiger charge is 2.43. The maximum absolute atomic E-state index is 13.1. The van der Waals surface area contributed by atoms with Crippen LogP contribution in [0.5, 0.6) is 0 Å². The van der Waals surface area contributed by atoms with E-state index in [0.29, 0.717) is 11.1 Å². The normalized spacial score (nSPS) is 22.6. The predicted molar refractivity (Wildman–Crippen MR) is 235 cm³/mol. The van der Waals surface area contributed by atoms with Crippen LogP contribution in [-0.2, 0) is 38.2 Å². The fourth-order valence-corrected chi connectivity index (χ4v) is 6.79. The van der Waals surface area contributed by atoms with Crippen LogP contribution in [0.25, 0.3) is 0 Å². The second-order valence-corrected chi connectivity index (χ2v) is 17.0. The molecule has 0 saturated carbocycles. The van der Waals surface area contributed by atoms with Gasteiger partial charge < -0.3 is 35.0 Å². The van der Waals surface area contributed by atoms with E-state index < -0.39 is 82.7 Å². The van der Waals surface area contributed by atoms with Crippen molar-refractivity contribution >= 4 is 35.3 Å². The van der Waals surface area contributed by atoms with Gasteiger partial charge in [-0.1, -0.05) is 135 Å². The number of esters is 2. The average molecular weight is 859 g/mol. The lowest BCUT2D eigenvalue weighted by Gasteiger charge is -2.36. The minimum absolute atomic E-state index is 0.105. The van der Waals surface area contributed by atoms with Crippen LogP contribution >= 0.6 is 0 Å². The lowest BCUT2D eigenvalue weighted by atomic mass is 9.71. The molecule has 0 radical (unpaired) electrons. The first-order valence-corrected chi connectivity index (χ1v) is 20.2. The van der Waals surface area contributed by atoms with E-state index in [1.165, 1.54) is 0 Å². The number of rotatable bonds is 18. The molecule has 2 aliphatic carbocycles. The minimum Gasteiger partial charge on any atom is -0.479 e. The Hall–Kier alpha value is -5.60. The number of aliphatic hydroxyl groups excluding tert-OH is 4. The molecule has 62 heavy (non-hydrogen) atoms. The smallest absolute Gasteiger partial charge is 0.339 e. The molecule has 0 heterocycles. The van der Waals surface area contributed by atoms with Crippen molar-refractivity contribution in [2.45, 2.75) is 126 Å². The monoisotopic (exact) mass is 858 g/mol. The zero-order valence-electron chi connectivity index (χ0n) is 37.5. The van der Waals surface area contributed by atoms with Crippen LogP contribution in [0, 0.1) is 10.8 Å². The van der Waals surface area contributed by atoms with Crippen LogP contribution < -0.4 is 0 Å². The summed E-state index contributed by atoms with van der Waals surface area (Å²) in [6, 6.07) is 0. The van der Waals surface area contributed by atoms with Crippen LogP contribution in [0.1, 0.15) is 89.0 Å².